The van der Waals surface area contributed by atoms with E-state index in [0.29, 0.717) is 11.1 Å². The molecular weight excluding hydrogens is 276 g/mol. The van der Waals surface area contributed by atoms with Gasteiger partial charge in [0, 0.05) is 11.6 Å². The lowest BCUT2D eigenvalue weighted by molar-refractivity contribution is 0.0927. The Kier molecular flexibility index (Phi) is 4.45. The monoisotopic (exact) mass is 296 g/mol. The quantitative estimate of drug-likeness (QED) is 0.889. The van der Waals surface area contributed by atoms with Crippen molar-refractivity contribution < 1.29 is 13.2 Å². The second-order valence-corrected chi connectivity index (χ2v) is 6.89. The number of hydrogen-bond acceptors (Lipinski definition) is 3. The molecule has 110 valence electrons. The van der Waals surface area contributed by atoms with Crippen molar-refractivity contribution >= 4 is 15.9 Å². The highest BCUT2D eigenvalue weighted by Crippen LogP contribution is 2.19. The fourth-order valence-corrected chi connectivity index (χ4v) is 3.18. The van der Waals surface area contributed by atoms with Crippen molar-refractivity contribution in [3.63, 3.8) is 0 Å². The fraction of sp³-hybridized carbons (Fsp3) is 0.500. The molecule has 0 radical (unpaired) electrons. The van der Waals surface area contributed by atoms with Gasteiger partial charge in [-0.1, -0.05) is 19.3 Å². The highest BCUT2D eigenvalue weighted by molar-refractivity contribution is 7.89. The summed E-state index contributed by atoms with van der Waals surface area (Å²) < 4.78 is 22.5. The van der Waals surface area contributed by atoms with E-state index in [1.54, 1.807) is 6.92 Å². The first-order valence-electron chi connectivity index (χ1n) is 6.82. The van der Waals surface area contributed by atoms with E-state index >= 15 is 0 Å². The molecule has 0 aromatic heterocycles. The van der Waals surface area contributed by atoms with Gasteiger partial charge in [0.05, 0.1) is 4.90 Å². The van der Waals surface area contributed by atoms with E-state index in [9.17, 15) is 13.2 Å². The third-order valence-electron chi connectivity index (χ3n) is 3.71. The van der Waals surface area contributed by atoms with Crippen molar-refractivity contribution in [3.05, 3.63) is 29.3 Å². The minimum atomic E-state index is -3.73. The average molecular weight is 296 g/mol. The van der Waals surface area contributed by atoms with Gasteiger partial charge >= 0.3 is 0 Å². The van der Waals surface area contributed by atoms with Crippen LogP contribution in [0.2, 0.25) is 0 Å². The van der Waals surface area contributed by atoms with Crippen LogP contribution in [0.25, 0.3) is 0 Å². The number of nitrogens with two attached hydrogens (primary N) is 1. The lowest BCUT2D eigenvalue weighted by Crippen LogP contribution is -2.36. The maximum Gasteiger partial charge on any atom is 0.251 e. The van der Waals surface area contributed by atoms with Gasteiger partial charge in [-0.3, -0.25) is 4.79 Å². The Morgan fingerprint density at radius 3 is 2.45 bits per heavy atom. The molecule has 1 aromatic carbocycles. The molecule has 3 N–H and O–H groups in total. The van der Waals surface area contributed by atoms with E-state index in [4.69, 9.17) is 5.14 Å². The summed E-state index contributed by atoms with van der Waals surface area (Å²) in [4.78, 5) is 12.2. The number of rotatable bonds is 3. The van der Waals surface area contributed by atoms with Gasteiger partial charge in [0.25, 0.3) is 5.91 Å². The highest BCUT2D eigenvalue weighted by Gasteiger charge is 2.18. The minimum absolute atomic E-state index is 0.0317. The van der Waals surface area contributed by atoms with E-state index < -0.39 is 10.0 Å². The summed E-state index contributed by atoms with van der Waals surface area (Å²) in [5.41, 5.74) is 1.12. The number of nitrogens with one attached hydrogen (secondary N) is 1. The van der Waals surface area contributed by atoms with Gasteiger partial charge in [-0.15, -0.1) is 0 Å². The molecule has 1 aliphatic rings. The predicted molar refractivity (Wildman–Crippen MR) is 76.9 cm³/mol. The zero-order valence-electron chi connectivity index (χ0n) is 11.6. The van der Waals surface area contributed by atoms with Crippen molar-refractivity contribution in [3.8, 4) is 0 Å². The van der Waals surface area contributed by atoms with Crippen LogP contribution in [0.1, 0.15) is 48.0 Å². The molecule has 5 nitrogen and oxygen atoms in total. The van der Waals surface area contributed by atoms with Gasteiger partial charge in [-0.05, 0) is 43.5 Å². The van der Waals surface area contributed by atoms with E-state index in [1.165, 1.54) is 24.6 Å². The Morgan fingerprint density at radius 2 is 1.90 bits per heavy atom. The zero-order valence-corrected chi connectivity index (χ0v) is 12.4. The topological polar surface area (TPSA) is 89.3 Å². The highest BCUT2D eigenvalue weighted by atomic mass is 32.2. The summed E-state index contributed by atoms with van der Waals surface area (Å²) in [7, 11) is -3.73. The second kappa shape index (κ2) is 5.93. The van der Waals surface area contributed by atoms with E-state index in [0.717, 1.165) is 25.7 Å². The first-order chi connectivity index (χ1) is 9.38. The molecular formula is C14H20N2O3S. The minimum Gasteiger partial charge on any atom is -0.349 e. The fourth-order valence-electron chi connectivity index (χ4n) is 2.58. The third kappa shape index (κ3) is 3.58. The smallest absolute Gasteiger partial charge is 0.251 e. The summed E-state index contributed by atoms with van der Waals surface area (Å²) >= 11 is 0. The van der Waals surface area contributed by atoms with Crippen molar-refractivity contribution in [2.24, 2.45) is 5.14 Å². The number of carbonyl (C=O) groups excluding carboxylic acids is 1. The van der Waals surface area contributed by atoms with Gasteiger partial charge in [0.15, 0.2) is 0 Å². The number of aryl methyl sites for hydroxylation is 1. The van der Waals surface area contributed by atoms with Crippen LogP contribution in [0, 0.1) is 6.92 Å². The van der Waals surface area contributed by atoms with Gasteiger partial charge in [0.2, 0.25) is 10.0 Å². The third-order valence-corrected chi connectivity index (χ3v) is 4.62. The lowest BCUT2D eigenvalue weighted by Gasteiger charge is -2.23. The predicted octanol–water partition coefficient (Wildman–Crippen LogP) is 1.70. The Bertz CT molecular complexity index is 605. The SMILES string of the molecule is Cc1cc(S(N)(=O)=O)ccc1C(=O)NC1CCCCC1. The molecule has 0 bridgehead atoms. The average Bonchev–Trinajstić information content (AvgIpc) is 2.38. The molecule has 20 heavy (non-hydrogen) atoms. The molecule has 2 rings (SSSR count). The summed E-state index contributed by atoms with van der Waals surface area (Å²) in [6.07, 6.45) is 5.55. The molecule has 1 fully saturated rings. The molecule has 0 saturated heterocycles. The summed E-state index contributed by atoms with van der Waals surface area (Å²) in [5.74, 6) is -0.143. The number of primary sulfonamides is 1. The molecule has 6 heteroatoms. The van der Waals surface area contributed by atoms with E-state index in [2.05, 4.69) is 5.32 Å². The molecule has 0 unspecified atom stereocenters. The molecule has 1 aliphatic carbocycles. The maximum absolute atomic E-state index is 12.2. The van der Waals surface area contributed by atoms with E-state index in [1.807, 2.05) is 0 Å². The number of benzene rings is 1. The molecule has 0 heterocycles. The van der Waals surface area contributed by atoms with Crippen LogP contribution in [0.4, 0.5) is 0 Å². The lowest BCUT2D eigenvalue weighted by atomic mass is 9.95. The Morgan fingerprint density at radius 1 is 1.25 bits per heavy atom. The summed E-state index contributed by atoms with van der Waals surface area (Å²) in [6.45, 7) is 1.71. The van der Waals surface area contributed by atoms with Crippen molar-refractivity contribution in [2.45, 2.75) is 50.0 Å². The van der Waals surface area contributed by atoms with Crippen LogP contribution in [-0.4, -0.2) is 20.4 Å². The standard InChI is InChI=1S/C14H20N2O3S/c1-10-9-12(20(15,18)19)7-8-13(10)14(17)16-11-5-3-2-4-6-11/h7-9,11H,2-6H2,1H3,(H,16,17)(H2,15,18,19). The summed E-state index contributed by atoms with van der Waals surface area (Å²) in [6, 6.07) is 4.56. The number of amides is 1. The molecule has 0 atom stereocenters. The second-order valence-electron chi connectivity index (χ2n) is 5.33. The molecule has 1 saturated carbocycles. The van der Waals surface area contributed by atoms with Crippen molar-refractivity contribution in [2.75, 3.05) is 0 Å². The zero-order chi connectivity index (χ0) is 14.8. The molecule has 1 aromatic rings. The number of hydrogen-bond donors (Lipinski definition) is 2. The van der Waals surface area contributed by atoms with Crippen LogP contribution >= 0.6 is 0 Å². The Labute approximate surface area is 119 Å². The van der Waals surface area contributed by atoms with Crippen LogP contribution in [0.15, 0.2) is 23.1 Å². The van der Waals surface area contributed by atoms with Gasteiger partial charge in [-0.2, -0.15) is 0 Å². The van der Waals surface area contributed by atoms with Crippen LogP contribution in [0.3, 0.4) is 0 Å². The first kappa shape index (κ1) is 15.0. The molecule has 0 aliphatic heterocycles. The van der Waals surface area contributed by atoms with Crippen LogP contribution in [0.5, 0.6) is 0 Å². The molecule has 1 amide bonds. The van der Waals surface area contributed by atoms with E-state index in [-0.39, 0.29) is 16.8 Å². The van der Waals surface area contributed by atoms with Crippen molar-refractivity contribution in [1.82, 2.24) is 5.32 Å². The van der Waals surface area contributed by atoms with Crippen LogP contribution in [-0.2, 0) is 10.0 Å². The molecule has 0 spiro atoms. The van der Waals surface area contributed by atoms with Gasteiger partial charge in [-0.25, -0.2) is 13.6 Å². The normalized spacial score (nSPS) is 16.9. The Balaban J connectivity index is 2.14. The first-order valence-corrected chi connectivity index (χ1v) is 8.37. The van der Waals surface area contributed by atoms with Crippen molar-refractivity contribution in [1.29, 1.82) is 0 Å². The van der Waals surface area contributed by atoms with Gasteiger partial charge in [0.1, 0.15) is 0 Å². The maximum atomic E-state index is 12.2. The number of sulfonamides is 1. The summed E-state index contributed by atoms with van der Waals surface area (Å²) in [5, 5.41) is 8.09. The number of carbonyl (C=O) groups is 1. The van der Waals surface area contributed by atoms with Crippen LogP contribution < -0.4 is 10.5 Å². The largest absolute Gasteiger partial charge is 0.349 e. The van der Waals surface area contributed by atoms with Gasteiger partial charge < -0.3 is 5.32 Å². The Hall–Kier alpha value is -1.40.